The van der Waals surface area contributed by atoms with Crippen LogP contribution in [0.1, 0.15) is 27.2 Å². The fraction of sp³-hybridized carbons (Fsp3) is 0.529. The zero-order valence-corrected chi connectivity index (χ0v) is 15.2. The summed E-state index contributed by atoms with van der Waals surface area (Å²) in [7, 11) is -0.964. The lowest BCUT2D eigenvalue weighted by molar-refractivity contribution is 0.141. The molecule has 0 aromatic rings. The van der Waals surface area contributed by atoms with Crippen LogP contribution in [-0.2, 0) is 13.8 Å². The number of nitrogens with zero attached hydrogens (tertiary/aromatic N) is 1. The molecule has 1 N–H and O–H groups in total. The van der Waals surface area contributed by atoms with Crippen molar-refractivity contribution in [3.63, 3.8) is 0 Å². The fourth-order valence-corrected chi connectivity index (χ4v) is 3.17. The van der Waals surface area contributed by atoms with Crippen LogP contribution in [-0.4, -0.2) is 42.7 Å². The van der Waals surface area contributed by atoms with Crippen molar-refractivity contribution >= 4 is 8.38 Å². The molecule has 0 amide bonds. The van der Waals surface area contributed by atoms with Gasteiger partial charge in [-0.15, -0.1) is 0 Å². The van der Waals surface area contributed by atoms with Gasteiger partial charge in [0.05, 0.1) is 19.8 Å². The quantitative estimate of drug-likeness (QED) is 0.444. The molecule has 23 heavy (non-hydrogen) atoms. The number of ether oxygens (including phenoxy) is 1. The maximum atomic E-state index is 9.61. The van der Waals surface area contributed by atoms with E-state index in [1.807, 2.05) is 24.8 Å². The highest BCUT2D eigenvalue weighted by Gasteiger charge is 2.12. The largest absolute Gasteiger partial charge is 0.508 e. The minimum atomic E-state index is -0.964. The molecule has 0 atom stereocenters. The third-order valence-electron chi connectivity index (χ3n) is 3.22. The summed E-state index contributed by atoms with van der Waals surface area (Å²) < 4.78 is 16.7. The smallest absolute Gasteiger partial charge is 0.198 e. The average Bonchev–Trinajstić information content (AvgIpc) is 2.70. The van der Waals surface area contributed by atoms with E-state index < -0.39 is 8.38 Å². The molecule has 1 aliphatic rings. The van der Waals surface area contributed by atoms with Crippen LogP contribution in [0.4, 0.5) is 0 Å². The van der Waals surface area contributed by atoms with Crippen molar-refractivity contribution < 1.29 is 18.9 Å². The molecule has 0 spiro atoms. The molecular weight excluding hydrogens is 313 g/mol. The first kappa shape index (κ1) is 19.9. The molecular formula is C17H28NO4P. The summed E-state index contributed by atoms with van der Waals surface area (Å²) in [6, 6.07) is 0. The van der Waals surface area contributed by atoms with Crippen LogP contribution >= 0.6 is 8.38 Å². The number of aliphatic hydroxyl groups is 1. The van der Waals surface area contributed by atoms with Crippen molar-refractivity contribution in [3.8, 4) is 0 Å². The van der Waals surface area contributed by atoms with Crippen LogP contribution in [0.25, 0.3) is 0 Å². The number of allylic oxidation sites excluding steroid dienone is 4. The molecule has 0 saturated carbocycles. The molecule has 0 fully saturated rings. The molecule has 0 bridgehead atoms. The van der Waals surface area contributed by atoms with Gasteiger partial charge >= 0.3 is 0 Å². The summed E-state index contributed by atoms with van der Waals surface area (Å²) in [5, 5.41) is 9.61. The van der Waals surface area contributed by atoms with E-state index in [-0.39, 0.29) is 0 Å². The molecule has 0 heterocycles. The van der Waals surface area contributed by atoms with Gasteiger partial charge in [-0.05, 0) is 57.2 Å². The van der Waals surface area contributed by atoms with E-state index in [0.29, 0.717) is 38.5 Å². The number of rotatable bonds is 11. The molecule has 0 radical (unpaired) electrons. The van der Waals surface area contributed by atoms with Crippen molar-refractivity contribution in [1.29, 1.82) is 0 Å². The Bertz CT molecular complexity index is 454. The van der Waals surface area contributed by atoms with E-state index in [9.17, 15) is 5.11 Å². The van der Waals surface area contributed by atoms with E-state index in [1.165, 1.54) is 5.57 Å². The van der Waals surface area contributed by atoms with Crippen LogP contribution < -0.4 is 0 Å². The maximum Gasteiger partial charge on any atom is 0.198 e. The fourth-order valence-electron chi connectivity index (χ4n) is 2.09. The van der Waals surface area contributed by atoms with Crippen molar-refractivity contribution in [2.45, 2.75) is 27.2 Å². The van der Waals surface area contributed by atoms with Crippen LogP contribution in [0.2, 0.25) is 0 Å². The van der Waals surface area contributed by atoms with Gasteiger partial charge in [-0.3, -0.25) is 0 Å². The number of aliphatic hydroxyl groups excluding tert-OH is 1. The summed E-state index contributed by atoms with van der Waals surface area (Å²) in [6.45, 7) is 12.3. The van der Waals surface area contributed by atoms with Gasteiger partial charge in [-0.2, -0.15) is 0 Å². The molecule has 1 aliphatic carbocycles. The second-order valence-corrected chi connectivity index (χ2v) is 6.35. The minimum absolute atomic E-state index is 0.290. The Kier molecular flexibility index (Phi) is 9.88. The molecule has 130 valence electrons. The Morgan fingerprint density at radius 1 is 1.30 bits per heavy atom. The van der Waals surface area contributed by atoms with Gasteiger partial charge in [0.25, 0.3) is 0 Å². The first-order valence-electron chi connectivity index (χ1n) is 7.89. The molecule has 1 rings (SSSR count). The van der Waals surface area contributed by atoms with Crippen LogP contribution in [0, 0.1) is 0 Å². The third kappa shape index (κ3) is 7.32. The Morgan fingerprint density at radius 2 is 2.00 bits per heavy atom. The van der Waals surface area contributed by atoms with Crippen LogP contribution in [0.3, 0.4) is 0 Å². The average molecular weight is 341 g/mol. The van der Waals surface area contributed by atoms with E-state index in [1.54, 1.807) is 18.4 Å². The van der Waals surface area contributed by atoms with Gasteiger partial charge in [0.15, 0.2) is 8.38 Å². The first-order valence-corrected chi connectivity index (χ1v) is 9.25. The van der Waals surface area contributed by atoms with Gasteiger partial charge in [-0.25, -0.2) is 0 Å². The number of hydrogen-bond acceptors (Lipinski definition) is 5. The summed E-state index contributed by atoms with van der Waals surface area (Å²) in [5.74, 6) is 0.290. The summed E-state index contributed by atoms with van der Waals surface area (Å²) in [6.07, 6.45) is 8.38. The highest BCUT2D eigenvalue weighted by Crippen LogP contribution is 2.37. The lowest BCUT2D eigenvalue weighted by Crippen LogP contribution is -2.22. The zero-order chi connectivity index (χ0) is 17.1. The van der Waals surface area contributed by atoms with E-state index in [4.69, 9.17) is 13.8 Å². The Morgan fingerprint density at radius 3 is 2.61 bits per heavy atom. The van der Waals surface area contributed by atoms with Crippen molar-refractivity contribution in [2.75, 3.05) is 32.7 Å². The SMILES string of the molecule is C=CN(CCOCP(OCC)OCC)C1=C(C)CC=C(O)C=C1. The molecule has 0 unspecified atom stereocenters. The molecule has 0 aromatic heterocycles. The van der Waals surface area contributed by atoms with Crippen LogP contribution in [0.15, 0.2) is 48.0 Å². The second-order valence-electron chi connectivity index (χ2n) is 4.91. The summed E-state index contributed by atoms with van der Waals surface area (Å²) in [5.41, 5.74) is 2.22. The monoisotopic (exact) mass is 341 g/mol. The predicted octanol–water partition coefficient (Wildman–Crippen LogP) is 4.47. The van der Waals surface area contributed by atoms with Gasteiger partial charge in [-0.1, -0.05) is 6.58 Å². The molecule has 0 aliphatic heterocycles. The van der Waals surface area contributed by atoms with Crippen molar-refractivity contribution in [3.05, 3.63) is 48.0 Å². The molecule has 0 aromatic carbocycles. The predicted molar refractivity (Wildman–Crippen MR) is 95.1 cm³/mol. The van der Waals surface area contributed by atoms with Crippen molar-refractivity contribution in [2.24, 2.45) is 0 Å². The van der Waals surface area contributed by atoms with E-state index >= 15 is 0 Å². The lowest BCUT2D eigenvalue weighted by Gasteiger charge is -2.23. The van der Waals surface area contributed by atoms with E-state index in [0.717, 1.165) is 12.1 Å². The number of hydrogen-bond donors (Lipinski definition) is 1. The maximum absolute atomic E-state index is 9.61. The first-order chi connectivity index (χ1) is 11.1. The second kappa shape index (κ2) is 11.4. The Balaban J connectivity index is 2.48. The van der Waals surface area contributed by atoms with Crippen molar-refractivity contribution in [1.82, 2.24) is 4.90 Å². The standard InChI is InChI=1S/C17H28NO4P/c1-5-18(17-11-10-16(19)9-8-15(17)4)12-13-20-14-23(21-6-2)22-7-3/h5,9-11,19H,1,6-8,12-14H2,2-4H3. The zero-order valence-electron chi connectivity index (χ0n) is 14.3. The highest BCUT2D eigenvalue weighted by atomic mass is 31.2. The Hall–Kier alpha value is -1.13. The lowest BCUT2D eigenvalue weighted by atomic mass is 10.1. The highest BCUT2D eigenvalue weighted by molar-refractivity contribution is 7.47. The molecule has 5 nitrogen and oxygen atoms in total. The topological polar surface area (TPSA) is 51.2 Å². The van der Waals surface area contributed by atoms with Gasteiger partial charge in [0.2, 0.25) is 0 Å². The molecule has 0 saturated heterocycles. The van der Waals surface area contributed by atoms with E-state index in [2.05, 4.69) is 13.5 Å². The molecule has 6 heteroatoms. The normalized spacial score (nSPS) is 14.9. The summed E-state index contributed by atoms with van der Waals surface area (Å²) >= 11 is 0. The van der Waals surface area contributed by atoms with Gasteiger partial charge in [0.1, 0.15) is 12.1 Å². The Labute approximate surface area is 140 Å². The summed E-state index contributed by atoms with van der Waals surface area (Å²) in [4.78, 5) is 2.03. The van der Waals surface area contributed by atoms with Crippen LogP contribution in [0.5, 0.6) is 0 Å². The third-order valence-corrected chi connectivity index (χ3v) is 4.70. The minimum Gasteiger partial charge on any atom is -0.508 e. The van der Waals surface area contributed by atoms with Gasteiger partial charge < -0.3 is 23.8 Å². The van der Waals surface area contributed by atoms with Gasteiger partial charge in [0, 0.05) is 12.2 Å².